The minimum atomic E-state index is -0.109. The number of carbonyl (C=O) groups excluding carboxylic acids is 2. The monoisotopic (exact) mass is 365 g/mol. The molecule has 0 saturated carbocycles. The second kappa shape index (κ2) is 9.33. The number of benzene rings is 2. The fourth-order valence-electron chi connectivity index (χ4n) is 3.54. The Balaban J connectivity index is 1.41. The third kappa shape index (κ3) is 6.22. The first-order valence-electron chi connectivity index (χ1n) is 9.52. The van der Waals surface area contributed by atoms with Crippen LogP contribution in [-0.2, 0) is 16.0 Å². The van der Waals surface area contributed by atoms with Crippen LogP contribution in [0.4, 0.5) is 11.4 Å². The molecule has 5 heteroatoms. The summed E-state index contributed by atoms with van der Waals surface area (Å²) < 4.78 is 0. The van der Waals surface area contributed by atoms with Crippen LogP contribution in [0.25, 0.3) is 0 Å². The van der Waals surface area contributed by atoms with E-state index >= 15 is 0 Å². The van der Waals surface area contributed by atoms with Crippen molar-refractivity contribution < 1.29 is 9.59 Å². The van der Waals surface area contributed by atoms with Crippen molar-refractivity contribution in [2.24, 2.45) is 5.92 Å². The summed E-state index contributed by atoms with van der Waals surface area (Å²) in [7, 11) is 0. The maximum Gasteiger partial charge on any atom is 0.238 e. The summed E-state index contributed by atoms with van der Waals surface area (Å²) in [6.45, 7) is 3.82. The number of hydrogen-bond donors (Lipinski definition) is 2. The molecule has 0 spiro atoms. The molecule has 1 aliphatic heterocycles. The summed E-state index contributed by atoms with van der Waals surface area (Å²) >= 11 is 0. The van der Waals surface area contributed by atoms with Crippen molar-refractivity contribution in [2.45, 2.75) is 26.2 Å². The van der Waals surface area contributed by atoms with Gasteiger partial charge < -0.3 is 10.6 Å². The van der Waals surface area contributed by atoms with Crippen LogP contribution < -0.4 is 10.6 Å². The molecule has 142 valence electrons. The van der Waals surface area contributed by atoms with Crippen LogP contribution in [0.2, 0.25) is 0 Å². The summed E-state index contributed by atoms with van der Waals surface area (Å²) in [6.07, 6.45) is 3.39. The molecule has 2 amide bonds. The molecule has 0 aliphatic carbocycles. The van der Waals surface area contributed by atoms with Crippen molar-refractivity contribution >= 4 is 23.2 Å². The molecule has 27 heavy (non-hydrogen) atoms. The third-order valence-corrected chi connectivity index (χ3v) is 4.93. The van der Waals surface area contributed by atoms with E-state index in [0.717, 1.165) is 43.7 Å². The molecule has 1 saturated heterocycles. The molecule has 1 aliphatic rings. The van der Waals surface area contributed by atoms with E-state index in [9.17, 15) is 9.59 Å². The van der Waals surface area contributed by atoms with Gasteiger partial charge in [0.05, 0.1) is 6.54 Å². The molecule has 2 aromatic carbocycles. The largest absolute Gasteiger partial charge is 0.326 e. The van der Waals surface area contributed by atoms with Crippen LogP contribution in [0.1, 0.15) is 25.3 Å². The van der Waals surface area contributed by atoms with Crippen LogP contribution in [0.15, 0.2) is 54.6 Å². The molecule has 0 unspecified atom stereocenters. The van der Waals surface area contributed by atoms with E-state index in [2.05, 4.69) is 45.9 Å². The molecule has 0 aromatic heterocycles. The maximum atomic E-state index is 12.3. The zero-order valence-electron chi connectivity index (χ0n) is 15.8. The van der Waals surface area contributed by atoms with Gasteiger partial charge in [0.15, 0.2) is 0 Å². The van der Waals surface area contributed by atoms with Gasteiger partial charge in [-0.2, -0.15) is 0 Å². The van der Waals surface area contributed by atoms with Crippen molar-refractivity contribution in [1.29, 1.82) is 0 Å². The second-order valence-corrected chi connectivity index (χ2v) is 7.22. The summed E-state index contributed by atoms with van der Waals surface area (Å²) in [5.41, 5.74) is 2.87. The van der Waals surface area contributed by atoms with Crippen molar-refractivity contribution in [3.05, 3.63) is 60.2 Å². The number of hydrogen-bond acceptors (Lipinski definition) is 3. The lowest BCUT2D eigenvalue weighted by molar-refractivity contribution is -0.117. The van der Waals surface area contributed by atoms with Crippen LogP contribution >= 0.6 is 0 Å². The van der Waals surface area contributed by atoms with Crippen LogP contribution in [0.3, 0.4) is 0 Å². The van der Waals surface area contributed by atoms with Crippen LogP contribution in [0, 0.1) is 5.92 Å². The van der Waals surface area contributed by atoms with Gasteiger partial charge in [-0.25, -0.2) is 0 Å². The van der Waals surface area contributed by atoms with Crippen LogP contribution in [-0.4, -0.2) is 36.3 Å². The first-order valence-corrected chi connectivity index (χ1v) is 9.52. The van der Waals surface area contributed by atoms with E-state index in [1.54, 1.807) is 24.3 Å². The minimum Gasteiger partial charge on any atom is -0.326 e. The van der Waals surface area contributed by atoms with Gasteiger partial charge in [-0.05, 0) is 68.1 Å². The quantitative estimate of drug-likeness (QED) is 0.823. The van der Waals surface area contributed by atoms with E-state index in [0.29, 0.717) is 12.5 Å². The zero-order chi connectivity index (χ0) is 19.1. The van der Waals surface area contributed by atoms with Gasteiger partial charge in [-0.1, -0.05) is 30.3 Å². The van der Waals surface area contributed by atoms with Gasteiger partial charge in [-0.3, -0.25) is 14.5 Å². The molecule has 5 nitrogen and oxygen atoms in total. The molecular weight excluding hydrogens is 338 g/mol. The van der Waals surface area contributed by atoms with E-state index in [1.165, 1.54) is 12.5 Å². The standard InChI is InChI=1S/C22H27N3O2/c1-17(26)23-20-7-9-21(10-8-20)24-22(27)16-25-13-11-19(12-14-25)15-18-5-3-2-4-6-18/h2-10,19H,11-16H2,1H3,(H,23,26)(H,24,27). The van der Waals surface area contributed by atoms with Gasteiger partial charge in [0, 0.05) is 18.3 Å². The number of nitrogens with one attached hydrogen (secondary N) is 2. The van der Waals surface area contributed by atoms with Crippen LogP contribution in [0.5, 0.6) is 0 Å². The molecule has 0 atom stereocenters. The topological polar surface area (TPSA) is 61.4 Å². The summed E-state index contributed by atoms with van der Waals surface area (Å²) in [5, 5.41) is 5.64. The van der Waals surface area contributed by atoms with Gasteiger partial charge in [0.2, 0.25) is 11.8 Å². The predicted octanol–water partition coefficient (Wildman–Crippen LogP) is 3.54. The lowest BCUT2D eigenvalue weighted by Crippen LogP contribution is -2.39. The lowest BCUT2D eigenvalue weighted by atomic mass is 9.90. The highest BCUT2D eigenvalue weighted by Gasteiger charge is 2.21. The number of nitrogens with zero attached hydrogens (tertiary/aromatic N) is 1. The summed E-state index contributed by atoms with van der Waals surface area (Å²) in [5.74, 6) is 0.597. The SMILES string of the molecule is CC(=O)Nc1ccc(NC(=O)CN2CCC(Cc3ccccc3)CC2)cc1. The molecular formula is C22H27N3O2. The number of anilines is 2. The Kier molecular flexibility index (Phi) is 6.60. The van der Waals surface area contributed by atoms with Crippen molar-refractivity contribution in [1.82, 2.24) is 4.90 Å². The molecule has 3 rings (SSSR count). The van der Waals surface area contributed by atoms with E-state index in [4.69, 9.17) is 0 Å². The Morgan fingerprint density at radius 1 is 0.926 bits per heavy atom. The normalized spacial score (nSPS) is 15.3. The molecule has 2 aromatic rings. The zero-order valence-corrected chi connectivity index (χ0v) is 15.8. The molecule has 2 N–H and O–H groups in total. The fraction of sp³-hybridized carbons (Fsp3) is 0.364. The molecule has 1 fully saturated rings. The van der Waals surface area contributed by atoms with Crippen molar-refractivity contribution in [3.63, 3.8) is 0 Å². The Hall–Kier alpha value is -2.66. The maximum absolute atomic E-state index is 12.3. The number of piperidine rings is 1. The molecule has 1 heterocycles. The van der Waals surface area contributed by atoms with Gasteiger partial charge >= 0.3 is 0 Å². The fourth-order valence-corrected chi connectivity index (χ4v) is 3.54. The smallest absolute Gasteiger partial charge is 0.238 e. The van der Waals surface area contributed by atoms with Gasteiger partial charge in [0.1, 0.15) is 0 Å². The first kappa shape index (κ1) is 19.1. The highest BCUT2D eigenvalue weighted by Crippen LogP contribution is 2.21. The third-order valence-electron chi connectivity index (χ3n) is 4.93. The highest BCUT2D eigenvalue weighted by molar-refractivity contribution is 5.93. The Bertz CT molecular complexity index is 751. The molecule has 0 radical (unpaired) electrons. The number of amides is 2. The number of likely N-dealkylation sites (tertiary alicyclic amines) is 1. The second-order valence-electron chi connectivity index (χ2n) is 7.22. The Morgan fingerprint density at radius 2 is 1.52 bits per heavy atom. The van der Waals surface area contributed by atoms with Gasteiger partial charge in [0.25, 0.3) is 0 Å². The minimum absolute atomic E-state index is 0.00351. The predicted molar refractivity (Wildman–Crippen MR) is 109 cm³/mol. The van der Waals surface area contributed by atoms with E-state index < -0.39 is 0 Å². The lowest BCUT2D eigenvalue weighted by Gasteiger charge is -2.31. The first-order chi connectivity index (χ1) is 13.1. The van der Waals surface area contributed by atoms with Crippen molar-refractivity contribution in [3.8, 4) is 0 Å². The average molecular weight is 365 g/mol. The number of carbonyl (C=O) groups is 2. The van der Waals surface area contributed by atoms with E-state index in [1.807, 2.05) is 0 Å². The van der Waals surface area contributed by atoms with Crippen molar-refractivity contribution in [2.75, 3.05) is 30.3 Å². The van der Waals surface area contributed by atoms with E-state index in [-0.39, 0.29) is 11.8 Å². The average Bonchev–Trinajstić information content (AvgIpc) is 2.65. The summed E-state index contributed by atoms with van der Waals surface area (Å²) in [6, 6.07) is 17.8. The Morgan fingerprint density at radius 3 is 2.11 bits per heavy atom. The Labute approximate surface area is 160 Å². The number of rotatable bonds is 6. The summed E-state index contributed by atoms with van der Waals surface area (Å²) in [4.78, 5) is 25.6. The molecule has 0 bridgehead atoms. The highest BCUT2D eigenvalue weighted by atomic mass is 16.2. The van der Waals surface area contributed by atoms with Gasteiger partial charge in [-0.15, -0.1) is 0 Å².